The first-order valence-electron chi connectivity index (χ1n) is 6.97. The zero-order chi connectivity index (χ0) is 14.8. The Kier molecular flexibility index (Phi) is 7.40. The van der Waals surface area contributed by atoms with Crippen LogP contribution in [0.3, 0.4) is 0 Å². The lowest BCUT2D eigenvalue weighted by Gasteiger charge is -2.10. The van der Waals surface area contributed by atoms with Gasteiger partial charge in [-0.3, -0.25) is 0 Å². The third kappa shape index (κ3) is 5.87. The number of benzene rings is 1. The molecule has 0 saturated carbocycles. The van der Waals surface area contributed by atoms with Crippen LogP contribution in [0.15, 0.2) is 24.3 Å². The highest BCUT2D eigenvalue weighted by Gasteiger charge is 2.07. The topological polar surface area (TPSA) is 46.5 Å². The summed E-state index contributed by atoms with van der Waals surface area (Å²) >= 11 is 0. The number of ether oxygens (including phenoxy) is 1. The summed E-state index contributed by atoms with van der Waals surface area (Å²) in [7, 11) is 0. The molecule has 1 aromatic rings. The predicted molar refractivity (Wildman–Crippen MR) is 77.3 cm³/mol. The standard InChI is InChI=1S/C16H21FO3/c1-2-3-4-5-6-12-20-16-13(10-11-15(18)19)8-7-9-14(16)17/h7-11H,2-6,12H2,1H3,(H,18,19)/b11-10+. The molecule has 110 valence electrons. The summed E-state index contributed by atoms with van der Waals surface area (Å²) in [4.78, 5) is 10.5. The Balaban J connectivity index is 2.57. The van der Waals surface area contributed by atoms with Gasteiger partial charge in [0.25, 0.3) is 0 Å². The molecule has 0 bridgehead atoms. The number of carbonyl (C=O) groups is 1. The van der Waals surface area contributed by atoms with Crippen LogP contribution in [0, 0.1) is 5.82 Å². The summed E-state index contributed by atoms with van der Waals surface area (Å²) in [6.45, 7) is 2.59. The van der Waals surface area contributed by atoms with Crippen molar-refractivity contribution < 1.29 is 19.0 Å². The molecule has 0 aliphatic rings. The van der Waals surface area contributed by atoms with Gasteiger partial charge in [0, 0.05) is 11.6 Å². The van der Waals surface area contributed by atoms with E-state index in [2.05, 4.69) is 6.92 Å². The molecule has 0 heterocycles. The van der Waals surface area contributed by atoms with Gasteiger partial charge in [0.15, 0.2) is 11.6 Å². The number of hydrogen-bond donors (Lipinski definition) is 1. The number of rotatable bonds is 9. The number of para-hydroxylation sites is 1. The smallest absolute Gasteiger partial charge is 0.328 e. The van der Waals surface area contributed by atoms with E-state index >= 15 is 0 Å². The van der Waals surface area contributed by atoms with E-state index in [1.54, 1.807) is 6.07 Å². The van der Waals surface area contributed by atoms with Gasteiger partial charge in [-0.05, 0) is 18.6 Å². The van der Waals surface area contributed by atoms with Crippen molar-refractivity contribution in [2.24, 2.45) is 0 Å². The number of hydrogen-bond acceptors (Lipinski definition) is 2. The van der Waals surface area contributed by atoms with E-state index in [-0.39, 0.29) is 5.75 Å². The zero-order valence-electron chi connectivity index (χ0n) is 11.8. The van der Waals surface area contributed by atoms with Gasteiger partial charge in [-0.25, -0.2) is 9.18 Å². The Morgan fingerprint density at radius 3 is 2.75 bits per heavy atom. The largest absolute Gasteiger partial charge is 0.490 e. The number of unbranched alkanes of at least 4 members (excludes halogenated alkanes) is 4. The van der Waals surface area contributed by atoms with Crippen LogP contribution in [0.5, 0.6) is 5.75 Å². The molecule has 0 fully saturated rings. The van der Waals surface area contributed by atoms with Crippen molar-refractivity contribution in [3.05, 3.63) is 35.7 Å². The third-order valence-corrected chi connectivity index (χ3v) is 2.90. The van der Waals surface area contributed by atoms with E-state index in [1.165, 1.54) is 31.1 Å². The van der Waals surface area contributed by atoms with E-state index in [1.807, 2.05) is 0 Å². The van der Waals surface area contributed by atoms with Crippen molar-refractivity contribution in [1.29, 1.82) is 0 Å². The predicted octanol–water partition coefficient (Wildman–Crippen LogP) is 4.27. The molecular weight excluding hydrogens is 259 g/mol. The van der Waals surface area contributed by atoms with E-state index in [4.69, 9.17) is 9.84 Å². The van der Waals surface area contributed by atoms with Crippen LogP contribution in [-0.2, 0) is 4.79 Å². The van der Waals surface area contributed by atoms with E-state index in [9.17, 15) is 9.18 Å². The Hall–Kier alpha value is -1.84. The quantitative estimate of drug-likeness (QED) is 0.542. The number of halogens is 1. The Morgan fingerprint density at radius 2 is 2.05 bits per heavy atom. The molecule has 1 rings (SSSR count). The molecule has 0 aromatic heterocycles. The molecule has 20 heavy (non-hydrogen) atoms. The van der Waals surface area contributed by atoms with Crippen molar-refractivity contribution in [3.63, 3.8) is 0 Å². The van der Waals surface area contributed by atoms with Crippen LogP contribution in [0.1, 0.15) is 44.6 Å². The third-order valence-electron chi connectivity index (χ3n) is 2.90. The van der Waals surface area contributed by atoms with Gasteiger partial charge >= 0.3 is 5.97 Å². The summed E-state index contributed by atoms with van der Waals surface area (Å²) in [5.41, 5.74) is 0.445. The van der Waals surface area contributed by atoms with Crippen molar-refractivity contribution in [3.8, 4) is 5.75 Å². The minimum atomic E-state index is -1.07. The van der Waals surface area contributed by atoms with Gasteiger partial charge < -0.3 is 9.84 Å². The average molecular weight is 280 g/mol. The lowest BCUT2D eigenvalue weighted by Crippen LogP contribution is -2.01. The molecule has 0 atom stereocenters. The lowest BCUT2D eigenvalue weighted by molar-refractivity contribution is -0.131. The maximum atomic E-state index is 13.7. The van der Waals surface area contributed by atoms with Crippen LogP contribution in [0.25, 0.3) is 6.08 Å². The van der Waals surface area contributed by atoms with Crippen LogP contribution < -0.4 is 4.74 Å². The molecule has 1 N–H and O–H groups in total. The molecule has 4 heteroatoms. The van der Waals surface area contributed by atoms with Gasteiger partial charge in [-0.2, -0.15) is 0 Å². The fraction of sp³-hybridized carbons (Fsp3) is 0.438. The molecule has 0 unspecified atom stereocenters. The molecule has 0 aliphatic carbocycles. The monoisotopic (exact) mass is 280 g/mol. The van der Waals surface area contributed by atoms with Crippen LogP contribution in [-0.4, -0.2) is 17.7 Å². The van der Waals surface area contributed by atoms with Crippen LogP contribution in [0.2, 0.25) is 0 Å². The average Bonchev–Trinajstić information content (AvgIpc) is 2.42. The van der Waals surface area contributed by atoms with Crippen molar-refractivity contribution in [2.45, 2.75) is 39.0 Å². The fourth-order valence-corrected chi connectivity index (χ4v) is 1.85. The highest BCUT2D eigenvalue weighted by Crippen LogP contribution is 2.24. The summed E-state index contributed by atoms with van der Waals surface area (Å²) in [5, 5.41) is 8.61. The van der Waals surface area contributed by atoms with Gasteiger partial charge in [-0.1, -0.05) is 44.7 Å². The second kappa shape index (κ2) is 9.13. The molecule has 3 nitrogen and oxygen atoms in total. The summed E-state index contributed by atoms with van der Waals surface area (Å²) in [6, 6.07) is 4.48. The summed E-state index contributed by atoms with van der Waals surface area (Å²) in [6.07, 6.45) is 7.78. The van der Waals surface area contributed by atoms with E-state index < -0.39 is 11.8 Å². The van der Waals surface area contributed by atoms with Crippen molar-refractivity contribution in [1.82, 2.24) is 0 Å². The van der Waals surface area contributed by atoms with E-state index in [0.29, 0.717) is 12.2 Å². The molecule has 0 spiro atoms. The van der Waals surface area contributed by atoms with Gasteiger partial charge in [-0.15, -0.1) is 0 Å². The normalized spacial score (nSPS) is 10.9. The lowest BCUT2D eigenvalue weighted by atomic mass is 10.1. The van der Waals surface area contributed by atoms with Gasteiger partial charge in [0.05, 0.1) is 6.61 Å². The molecule has 0 amide bonds. The SMILES string of the molecule is CCCCCCCOc1c(F)cccc1/C=C/C(=O)O. The molecular formula is C16H21FO3. The number of carboxylic acids is 1. The Morgan fingerprint density at radius 1 is 1.30 bits per heavy atom. The Labute approximate surface area is 119 Å². The number of carboxylic acid groups (broad SMARTS) is 1. The maximum Gasteiger partial charge on any atom is 0.328 e. The zero-order valence-corrected chi connectivity index (χ0v) is 11.8. The first kappa shape index (κ1) is 16.2. The van der Waals surface area contributed by atoms with Crippen molar-refractivity contribution >= 4 is 12.0 Å². The first-order valence-corrected chi connectivity index (χ1v) is 6.97. The van der Waals surface area contributed by atoms with Crippen LogP contribution in [0.4, 0.5) is 4.39 Å². The second-order valence-corrected chi connectivity index (χ2v) is 4.59. The second-order valence-electron chi connectivity index (χ2n) is 4.59. The minimum Gasteiger partial charge on any atom is -0.490 e. The number of aliphatic carboxylic acids is 1. The highest BCUT2D eigenvalue weighted by atomic mass is 19.1. The summed E-state index contributed by atoms with van der Waals surface area (Å²) in [5.74, 6) is -1.41. The maximum absolute atomic E-state index is 13.7. The van der Waals surface area contributed by atoms with E-state index in [0.717, 1.165) is 25.3 Å². The van der Waals surface area contributed by atoms with Gasteiger partial charge in [0.2, 0.25) is 0 Å². The minimum absolute atomic E-state index is 0.125. The Bertz CT molecular complexity index is 455. The highest BCUT2D eigenvalue weighted by molar-refractivity contribution is 5.85. The van der Waals surface area contributed by atoms with Gasteiger partial charge in [0.1, 0.15) is 0 Å². The van der Waals surface area contributed by atoms with Crippen LogP contribution >= 0.6 is 0 Å². The molecule has 0 saturated heterocycles. The van der Waals surface area contributed by atoms with Crippen molar-refractivity contribution in [2.75, 3.05) is 6.61 Å². The molecule has 1 aromatic carbocycles. The molecule has 0 radical (unpaired) electrons. The summed E-state index contributed by atoms with van der Waals surface area (Å²) < 4.78 is 19.2. The first-order chi connectivity index (χ1) is 9.65. The molecule has 0 aliphatic heterocycles. The fourth-order valence-electron chi connectivity index (χ4n) is 1.85.